The topological polar surface area (TPSA) is 109 Å². The third kappa shape index (κ3) is 2.51. The van der Waals surface area contributed by atoms with Gasteiger partial charge in [-0.2, -0.15) is 0 Å². The van der Waals surface area contributed by atoms with Crippen molar-refractivity contribution in [1.29, 1.82) is 0 Å². The van der Waals surface area contributed by atoms with E-state index in [1.807, 2.05) is 0 Å². The van der Waals surface area contributed by atoms with Crippen LogP contribution < -0.4 is 21.7 Å². The van der Waals surface area contributed by atoms with E-state index < -0.39 is 27.8 Å². The monoisotopic (exact) mass is 298 g/mol. The fourth-order valence-electron chi connectivity index (χ4n) is 0.759. The zero-order chi connectivity index (χ0) is 11.7. The van der Waals surface area contributed by atoms with E-state index in [1.54, 1.807) is 6.92 Å². The third-order valence-corrected chi connectivity index (χ3v) is 1.71. The second kappa shape index (κ2) is 5.27. The molecule has 16 heavy (non-hydrogen) atoms. The molecule has 0 atom stereocenters. The number of hydrogen-bond acceptors (Lipinski definition) is 6. The Morgan fingerprint density at radius 2 is 1.25 bits per heavy atom. The van der Waals surface area contributed by atoms with Crippen LogP contribution in [0.1, 0.15) is 5.56 Å². The van der Waals surface area contributed by atoms with Crippen molar-refractivity contribution in [2.24, 2.45) is 0 Å². The first-order valence-electron chi connectivity index (χ1n) is 3.76. The molecule has 0 aromatic heterocycles. The minimum absolute atomic E-state index is 0. The maximum atomic E-state index is 10.1. The van der Waals surface area contributed by atoms with Crippen LogP contribution in [0.25, 0.3) is 0 Å². The summed E-state index contributed by atoms with van der Waals surface area (Å²) >= 11 is 0. The van der Waals surface area contributed by atoms with Crippen molar-refractivity contribution in [2.45, 2.75) is 6.92 Å². The summed E-state index contributed by atoms with van der Waals surface area (Å²) in [6, 6.07) is 2.28. The molecule has 1 radical (unpaired) electrons. The van der Waals surface area contributed by atoms with Gasteiger partial charge in [0.2, 0.25) is 11.5 Å². The van der Waals surface area contributed by atoms with Crippen LogP contribution in [0.4, 0.5) is 0 Å². The molecule has 2 aromatic carbocycles. The quantitative estimate of drug-likeness (QED) is 0.433. The zero-order valence-corrected chi connectivity index (χ0v) is 10.9. The van der Waals surface area contributed by atoms with E-state index in [0.717, 1.165) is 0 Å². The smallest absolute Gasteiger partial charge is 0.275 e. The molecule has 0 saturated heterocycles. The first-order valence-corrected chi connectivity index (χ1v) is 3.76. The van der Waals surface area contributed by atoms with Gasteiger partial charge < -0.3 is 19.8 Å². The summed E-state index contributed by atoms with van der Waals surface area (Å²) in [5, 5.41) is 16.4. The normalized spacial score (nSPS) is 9.31. The Kier molecular flexibility index (Phi) is 4.90. The van der Waals surface area contributed by atoms with Gasteiger partial charge in [0.25, 0.3) is 10.9 Å². The molecule has 0 unspecified atom stereocenters. The minimum Gasteiger partial charge on any atom is -0.501 e. The van der Waals surface area contributed by atoms with Crippen molar-refractivity contribution in [3.05, 3.63) is 52.5 Å². The molecule has 2 aromatic rings. The largest absolute Gasteiger partial charge is 0.501 e. The molecule has 0 spiro atoms. The van der Waals surface area contributed by atoms with E-state index in [1.165, 1.54) is 0 Å². The maximum absolute atomic E-state index is 10.1. The van der Waals surface area contributed by atoms with Gasteiger partial charge in [0.1, 0.15) is 10.9 Å². The third-order valence-electron chi connectivity index (χ3n) is 1.71. The number of aryl methyl sites for hydroxylation is 1. The summed E-state index contributed by atoms with van der Waals surface area (Å²) in [5.41, 5.74) is -2.45. The van der Waals surface area contributed by atoms with E-state index in [9.17, 15) is 19.2 Å². The van der Waals surface area contributed by atoms with Crippen LogP contribution in [0, 0.1) is 13.0 Å². The molecule has 0 bridgehead atoms. The van der Waals surface area contributed by atoms with Gasteiger partial charge in [-0.25, -0.2) is 0 Å². The number of hydrogen-bond donors (Lipinski definition) is 2. The Labute approximate surface area is 113 Å². The standard InChI is InChI=1S/C5H3O2.C4H2O4.Y/c1-3-2-4(6)5(3)7;5-1-2(6)4(8)3(1)7;/h1H3;5-6H;/q-1;;. The Morgan fingerprint density at radius 3 is 1.31 bits per heavy atom. The van der Waals surface area contributed by atoms with E-state index >= 15 is 0 Å². The van der Waals surface area contributed by atoms with Gasteiger partial charge in [0.15, 0.2) is 0 Å². The Morgan fingerprint density at radius 1 is 0.875 bits per heavy atom. The van der Waals surface area contributed by atoms with E-state index in [4.69, 9.17) is 10.2 Å². The van der Waals surface area contributed by atoms with Crippen LogP contribution in [-0.2, 0) is 32.7 Å². The molecule has 0 amide bonds. The van der Waals surface area contributed by atoms with Gasteiger partial charge in [-0.1, -0.05) is 6.92 Å². The van der Waals surface area contributed by atoms with Crippen molar-refractivity contribution >= 4 is 0 Å². The second-order valence-corrected chi connectivity index (χ2v) is 2.76. The number of rotatable bonds is 0. The molecule has 0 aliphatic heterocycles. The van der Waals surface area contributed by atoms with E-state index in [0.29, 0.717) is 5.56 Å². The van der Waals surface area contributed by atoms with Crippen LogP contribution in [-0.4, -0.2) is 10.2 Å². The predicted octanol–water partition coefficient (Wildman–Crippen LogP) is -1.92. The van der Waals surface area contributed by atoms with E-state index in [2.05, 4.69) is 6.07 Å². The molecule has 0 heterocycles. The molecular formula is C9H5O6Y-. The zero-order valence-electron chi connectivity index (χ0n) is 8.10. The average Bonchev–Trinajstić information content (AvgIpc) is 2.27. The fraction of sp³-hybridized carbons (Fsp3) is 0.111. The van der Waals surface area contributed by atoms with Crippen LogP contribution >= 0.6 is 0 Å². The number of aromatic hydroxyl groups is 2. The molecule has 6 nitrogen and oxygen atoms in total. The summed E-state index contributed by atoms with van der Waals surface area (Å²) in [5.74, 6) is -1.65. The Balaban J connectivity index is 0.000000267. The Bertz CT molecular complexity index is 610. The molecule has 0 saturated carbocycles. The van der Waals surface area contributed by atoms with Crippen molar-refractivity contribution in [3.63, 3.8) is 0 Å². The van der Waals surface area contributed by atoms with Crippen molar-refractivity contribution in [3.8, 4) is 11.5 Å². The van der Waals surface area contributed by atoms with Crippen LogP contribution in [0.15, 0.2) is 19.2 Å². The minimum atomic E-state index is -1.01. The SMILES string of the molecule is Cc1[c-]c(=O)c1=O.O=c1c(O)c(O)c1=O.[Y]. The fourth-order valence-corrected chi connectivity index (χ4v) is 0.759. The molecule has 2 N–H and O–H groups in total. The van der Waals surface area contributed by atoms with Crippen molar-refractivity contribution in [2.75, 3.05) is 0 Å². The van der Waals surface area contributed by atoms with Crippen LogP contribution in [0.5, 0.6) is 11.5 Å². The van der Waals surface area contributed by atoms with Gasteiger partial charge in [0.05, 0.1) is 0 Å². The van der Waals surface area contributed by atoms with E-state index in [-0.39, 0.29) is 38.1 Å². The van der Waals surface area contributed by atoms with Gasteiger partial charge in [-0.05, 0) is 0 Å². The predicted molar refractivity (Wildman–Crippen MR) is 49.6 cm³/mol. The van der Waals surface area contributed by atoms with Crippen molar-refractivity contribution < 1.29 is 42.9 Å². The summed E-state index contributed by atoms with van der Waals surface area (Å²) in [7, 11) is 0. The first kappa shape index (κ1) is 14.9. The molecule has 7 heteroatoms. The maximum Gasteiger partial charge on any atom is 0.275 e. The molecule has 2 rings (SSSR count). The molecular weight excluding hydrogens is 293 g/mol. The van der Waals surface area contributed by atoms with Gasteiger partial charge in [0, 0.05) is 32.7 Å². The summed E-state index contributed by atoms with van der Waals surface area (Å²) < 4.78 is 0. The van der Waals surface area contributed by atoms with Crippen molar-refractivity contribution in [1.82, 2.24) is 0 Å². The van der Waals surface area contributed by atoms with Gasteiger partial charge >= 0.3 is 0 Å². The van der Waals surface area contributed by atoms with Gasteiger partial charge in [-0.15, -0.1) is 11.6 Å². The molecule has 81 valence electrons. The van der Waals surface area contributed by atoms with Crippen LogP contribution in [0.3, 0.4) is 0 Å². The molecule has 0 fully saturated rings. The van der Waals surface area contributed by atoms with Crippen LogP contribution in [0.2, 0.25) is 0 Å². The molecule has 0 aliphatic rings. The van der Waals surface area contributed by atoms with Gasteiger partial charge in [-0.3, -0.25) is 9.59 Å². The second-order valence-electron chi connectivity index (χ2n) is 2.76. The summed E-state index contributed by atoms with van der Waals surface area (Å²) in [4.78, 5) is 40.0. The Hall–Kier alpha value is -1.14. The average molecular weight is 298 g/mol. The first-order chi connectivity index (χ1) is 6.86. The summed E-state index contributed by atoms with van der Waals surface area (Å²) in [6.07, 6.45) is 0. The summed E-state index contributed by atoms with van der Waals surface area (Å²) in [6.45, 7) is 1.57. The molecule has 0 aliphatic carbocycles.